The minimum absolute atomic E-state index is 0.150. The summed E-state index contributed by atoms with van der Waals surface area (Å²) in [5, 5.41) is 0. The molecule has 0 bridgehead atoms. The summed E-state index contributed by atoms with van der Waals surface area (Å²) in [4.78, 5) is 0. The quantitative estimate of drug-likeness (QED) is 0.655. The van der Waals surface area contributed by atoms with E-state index in [1.807, 2.05) is 20.8 Å². The molecule has 0 heterocycles. The third kappa shape index (κ3) is 4.56. The molecule has 0 aliphatic rings. The van der Waals surface area contributed by atoms with E-state index in [-0.39, 0.29) is 23.6 Å². The van der Waals surface area contributed by atoms with Crippen LogP contribution in [0.25, 0.3) is 0 Å². The fourth-order valence-electron chi connectivity index (χ4n) is 1.15. The Kier molecular flexibility index (Phi) is 4.28. The van der Waals surface area contributed by atoms with Crippen molar-refractivity contribution in [2.45, 2.75) is 26.4 Å². The second-order valence-electron chi connectivity index (χ2n) is 4.61. The minimum Gasteiger partial charge on any atom is -0.488 e. The highest BCUT2D eigenvalue weighted by Crippen LogP contribution is 2.22. The Bertz CT molecular complexity index is 389. The molecule has 1 aromatic rings. The molecule has 0 aliphatic heterocycles. The third-order valence-corrected chi connectivity index (χ3v) is 1.93. The Morgan fingerprint density at radius 3 is 2.35 bits per heavy atom. The van der Waals surface area contributed by atoms with Crippen molar-refractivity contribution in [1.82, 2.24) is 0 Å². The van der Waals surface area contributed by atoms with Crippen LogP contribution in [0.1, 0.15) is 20.8 Å². The lowest BCUT2D eigenvalue weighted by Gasteiger charge is -2.19. The van der Waals surface area contributed by atoms with E-state index in [1.54, 1.807) is 0 Å². The molecule has 3 nitrogen and oxygen atoms in total. The van der Waals surface area contributed by atoms with Gasteiger partial charge in [-0.15, -0.1) is 0 Å². The smallest absolute Gasteiger partial charge is 0.167 e. The van der Waals surface area contributed by atoms with Gasteiger partial charge in [-0.25, -0.2) is 8.78 Å². The molecule has 0 saturated carbocycles. The van der Waals surface area contributed by atoms with Crippen LogP contribution in [0, 0.1) is 11.6 Å². The number of rotatable bonds is 4. The van der Waals surface area contributed by atoms with Gasteiger partial charge in [0.25, 0.3) is 0 Å². The van der Waals surface area contributed by atoms with Gasteiger partial charge >= 0.3 is 0 Å². The van der Waals surface area contributed by atoms with Crippen LogP contribution in [0.2, 0.25) is 0 Å². The van der Waals surface area contributed by atoms with Gasteiger partial charge in [-0.1, -0.05) is 0 Å². The van der Waals surface area contributed by atoms with Gasteiger partial charge in [0.1, 0.15) is 12.4 Å². The Morgan fingerprint density at radius 1 is 1.12 bits per heavy atom. The Balaban J connectivity index is 2.50. The molecule has 0 saturated heterocycles. The van der Waals surface area contributed by atoms with E-state index < -0.39 is 11.6 Å². The van der Waals surface area contributed by atoms with Crippen molar-refractivity contribution in [3.63, 3.8) is 0 Å². The first-order valence-corrected chi connectivity index (χ1v) is 5.31. The summed E-state index contributed by atoms with van der Waals surface area (Å²) < 4.78 is 36.8. The maximum Gasteiger partial charge on any atom is 0.167 e. The third-order valence-electron chi connectivity index (χ3n) is 1.93. The fourth-order valence-corrected chi connectivity index (χ4v) is 1.15. The number of nitrogen functional groups attached to an aromatic ring is 1. The molecule has 0 atom stereocenters. The van der Waals surface area contributed by atoms with Crippen molar-refractivity contribution < 1.29 is 18.3 Å². The van der Waals surface area contributed by atoms with E-state index in [0.717, 1.165) is 12.1 Å². The number of hydrogen-bond acceptors (Lipinski definition) is 3. The number of halogens is 2. The van der Waals surface area contributed by atoms with Crippen LogP contribution >= 0.6 is 0 Å². The summed E-state index contributed by atoms with van der Waals surface area (Å²) in [5.74, 6) is -1.54. The normalized spacial score (nSPS) is 11.6. The maximum absolute atomic E-state index is 13.3. The van der Waals surface area contributed by atoms with Crippen LogP contribution in [0.3, 0.4) is 0 Å². The van der Waals surface area contributed by atoms with E-state index in [4.69, 9.17) is 15.2 Å². The van der Waals surface area contributed by atoms with Gasteiger partial charge < -0.3 is 15.2 Å². The number of ether oxygens (including phenoxy) is 2. The Hall–Kier alpha value is -1.36. The number of nitrogens with two attached hydrogens (primary N) is 1. The van der Waals surface area contributed by atoms with E-state index in [2.05, 4.69) is 0 Å². The average molecular weight is 245 g/mol. The van der Waals surface area contributed by atoms with E-state index in [9.17, 15) is 8.78 Å². The van der Waals surface area contributed by atoms with Gasteiger partial charge in [0.15, 0.2) is 11.6 Å². The topological polar surface area (TPSA) is 44.5 Å². The second-order valence-corrected chi connectivity index (χ2v) is 4.61. The first-order chi connectivity index (χ1) is 7.79. The van der Waals surface area contributed by atoms with Crippen molar-refractivity contribution in [3.05, 3.63) is 23.8 Å². The van der Waals surface area contributed by atoms with Crippen LogP contribution in [-0.2, 0) is 4.74 Å². The van der Waals surface area contributed by atoms with Gasteiger partial charge in [-0.2, -0.15) is 0 Å². The van der Waals surface area contributed by atoms with Crippen LogP contribution in [0.5, 0.6) is 5.75 Å². The van der Waals surface area contributed by atoms with Crippen LogP contribution < -0.4 is 10.5 Å². The minimum atomic E-state index is -0.696. The molecule has 0 amide bonds. The van der Waals surface area contributed by atoms with Crippen LogP contribution in [0.15, 0.2) is 12.1 Å². The molecule has 0 unspecified atom stereocenters. The van der Waals surface area contributed by atoms with Gasteiger partial charge in [0, 0.05) is 12.1 Å². The molecule has 0 aliphatic carbocycles. The fraction of sp³-hybridized carbons (Fsp3) is 0.500. The summed E-state index contributed by atoms with van der Waals surface area (Å²) in [5.41, 5.74) is 4.69. The van der Waals surface area contributed by atoms with Gasteiger partial charge in [-0.3, -0.25) is 0 Å². The summed E-state index contributed by atoms with van der Waals surface area (Å²) in [7, 11) is 0. The molecule has 0 aromatic heterocycles. The molecule has 96 valence electrons. The van der Waals surface area contributed by atoms with Crippen LogP contribution in [-0.4, -0.2) is 18.8 Å². The summed E-state index contributed by atoms with van der Waals surface area (Å²) >= 11 is 0. The van der Waals surface area contributed by atoms with Crippen molar-refractivity contribution in [2.24, 2.45) is 0 Å². The van der Waals surface area contributed by atoms with Crippen molar-refractivity contribution in [2.75, 3.05) is 18.9 Å². The highest BCUT2D eigenvalue weighted by Gasteiger charge is 2.11. The van der Waals surface area contributed by atoms with Gasteiger partial charge in [-0.05, 0) is 20.8 Å². The van der Waals surface area contributed by atoms with Crippen molar-refractivity contribution in [3.8, 4) is 5.75 Å². The summed E-state index contributed by atoms with van der Waals surface area (Å²) in [6.07, 6.45) is 0. The Morgan fingerprint density at radius 2 is 1.76 bits per heavy atom. The van der Waals surface area contributed by atoms with E-state index >= 15 is 0 Å². The number of anilines is 1. The first-order valence-electron chi connectivity index (χ1n) is 5.31. The molecule has 1 rings (SSSR count). The molecule has 1 aromatic carbocycles. The molecule has 5 heteroatoms. The number of benzene rings is 1. The van der Waals surface area contributed by atoms with E-state index in [0.29, 0.717) is 6.61 Å². The molecule has 0 radical (unpaired) electrons. The number of hydrogen-bond donors (Lipinski definition) is 1. The molecule has 0 fully saturated rings. The lowest BCUT2D eigenvalue weighted by Crippen LogP contribution is -2.22. The molecular formula is C12H17F2NO2. The van der Waals surface area contributed by atoms with Crippen LogP contribution in [0.4, 0.5) is 14.5 Å². The van der Waals surface area contributed by atoms with Gasteiger partial charge in [0.2, 0.25) is 0 Å². The summed E-state index contributed by atoms with van der Waals surface area (Å²) in [6.45, 7) is 6.15. The average Bonchev–Trinajstić information content (AvgIpc) is 2.18. The monoisotopic (exact) mass is 245 g/mol. The predicted octanol–water partition coefficient (Wildman–Crippen LogP) is 2.74. The highest BCUT2D eigenvalue weighted by atomic mass is 19.1. The second kappa shape index (κ2) is 5.31. The molecule has 17 heavy (non-hydrogen) atoms. The zero-order valence-corrected chi connectivity index (χ0v) is 10.2. The lowest BCUT2D eigenvalue weighted by molar-refractivity contribution is -0.0167. The SMILES string of the molecule is CC(C)(C)OCCOc1cc(F)c(N)cc1F. The zero-order chi connectivity index (χ0) is 13.1. The zero-order valence-electron chi connectivity index (χ0n) is 10.2. The predicted molar refractivity (Wildman–Crippen MR) is 62.0 cm³/mol. The summed E-state index contributed by atoms with van der Waals surface area (Å²) in [6, 6.07) is 1.83. The molecule has 0 spiro atoms. The Labute approximate surface area is 99.5 Å². The standard InChI is InChI=1S/C12H17F2NO2/c1-12(2,3)17-5-4-16-11-7-8(13)10(15)6-9(11)14/h6-7H,4-5,15H2,1-3H3. The highest BCUT2D eigenvalue weighted by molar-refractivity contribution is 5.44. The van der Waals surface area contributed by atoms with Gasteiger partial charge in [0.05, 0.1) is 17.9 Å². The molecule has 2 N–H and O–H groups in total. The van der Waals surface area contributed by atoms with Crippen molar-refractivity contribution in [1.29, 1.82) is 0 Å². The molecular weight excluding hydrogens is 228 g/mol. The van der Waals surface area contributed by atoms with Crippen molar-refractivity contribution >= 4 is 5.69 Å². The van der Waals surface area contributed by atoms with E-state index in [1.165, 1.54) is 0 Å². The lowest BCUT2D eigenvalue weighted by atomic mass is 10.2. The largest absolute Gasteiger partial charge is 0.488 e. The first kappa shape index (κ1) is 13.7. The maximum atomic E-state index is 13.3.